The van der Waals surface area contributed by atoms with Gasteiger partial charge in [-0.25, -0.2) is 4.90 Å². The fraction of sp³-hybridized carbons (Fsp3) is 0.318. The molecule has 30 heavy (non-hydrogen) atoms. The third-order valence-electron chi connectivity index (χ3n) is 6.39. The van der Waals surface area contributed by atoms with Gasteiger partial charge in [-0.15, -0.1) is 0 Å². The Hall–Kier alpha value is -2.22. The molecule has 3 amide bonds. The van der Waals surface area contributed by atoms with Crippen molar-refractivity contribution < 1.29 is 14.4 Å². The summed E-state index contributed by atoms with van der Waals surface area (Å²) in [7, 11) is 0. The Morgan fingerprint density at radius 1 is 1.10 bits per heavy atom. The maximum Gasteiger partial charge on any atom is 0.252 e. The van der Waals surface area contributed by atoms with Gasteiger partial charge in [0.15, 0.2) is 0 Å². The number of anilines is 2. The first kappa shape index (κ1) is 19.7. The van der Waals surface area contributed by atoms with Crippen LogP contribution < -0.4 is 15.1 Å². The maximum absolute atomic E-state index is 13.8. The van der Waals surface area contributed by atoms with E-state index in [1.165, 1.54) is 4.90 Å². The SMILES string of the molecule is C[C@@H]1N[C@]2(C(=O)N(CCBr)c3ccccc32)[C@H]2C(=O)N(c3cccc(Cl)c3)C(=O)[C@@H]12. The number of carbonyl (C=O) groups excluding carboxylic acids is 3. The molecule has 0 aliphatic carbocycles. The smallest absolute Gasteiger partial charge is 0.252 e. The molecule has 154 valence electrons. The van der Waals surface area contributed by atoms with Gasteiger partial charge in [-0.1, -0.05) is 51.8 Å². The van der Waals surface area contributed by atoms with Gasteiger partial charge in [0.2, 0.25) is 11.8 Å². The first-order chi connectivity index (χ1) is 14.4. The van der Waals surface area contributed by atoms with E-state index in [1.54, 1.807) is 29.2 Å². The number of fused-ring (bicyclic) bond motifs is 4. The first-order valence-corrected chi connectivity index (χ1v) is 11.3. The molecule has 2 aromatic carbocycles. The highest BCUT2D eigenvalue weighted by atomic mass is 79.9. The molecule has 2 fully saturated rings. The summed E-state index contributed by atoms with van der Waals surface area (Å²) >= 11 is 9.52. The summed E-state index contributed by atoms with van der Waals surface area (Å²) in [6, 6.07) is 13.9. The van der Waals surface area contributed by atoms with Crippen molar-refractivity contribution in [2.75, 3.05) is 21.7 Å². The normalized spacial score (nSPS) is 29.8. The molecule has 4 atom stereocenters. The van der Waals surface area contributed by atoms with Crippen molar-refractivity contribution in [2.24, 2.45) is 11.8 Å². The minimum absolute atomic E-state index is 0.184. The van der Waals surface area contributed by atoms with Crippen LogP contribution in [0.4, 0.5) is 11.4 Å². The summed E-state index contributed by atoms with van der Waals surface area (Å²) in [6.45, 7) is 2.34. The third kappa shape index (κ3) is 2.43. The molecule has 0 saturated carbocycles. The van der Waals surface area contributed by atoms with Gasteiger partial charge in [-0.05, 0) is 31.2 Å². The summed E-state index contributed by atoms with van der Waals surface area (Å²) in [5, 5.41) is 4.42. The Balaban J connectivity index is 1.67. The zero-order valence-electron chi connectivity index (χ0n) is 16.1. The highest BCUT2D eigenvalue weighted by molar-refractivity contribution is 9.09. The van der Waals surface area contributed by atoms with Gasteiger partial charge >= 0.3 is 0 Å². The molecule has 3 heterocycles. The largest absolute Gasteiger partial charge is 0.309 e. The van der Waals surface area contributed by atoms with Crippen LogP contribution in [0.1, 0.15) is 12.5 Å². The number of carbonyl (C=O) groups is 3. The van der Waals surface area contributed by atoms with E-state index in [0.717, 1.165) is 11.3 Å². The van der Waals surface area contributed by atoms with Crippen LogP contribution in [0.2, 0.25) is 5.02 Å². The monoisotopic (exact) mass is 487 g/mol. The van der Waals surface area contributed by atoms with Crippen molar-refractivity contribution >= 4 is 56.6 Å². The van der Waals surface area contributed by atoms with Crippen LogP contribution >= 0.6 is 27.5 Å². The Bertz CT molecular complexity index is 1090. The summed E-state index contributed by atoms with van der Waals surface area (Å²) in [5.74, 6) is -2.29. The van der Waals surface area contributed by atoms with Crippen LogP contribution in [0.15, 0.2) is 48.5 Å². The highest BCUT2D eigenvalue weighted by Crippen LogP contribution is 2.55. The number of amides is 3. The Kier molecular flexibility index (Phi) is 4.54. The average Bonchev–Trinajstić information content (AvgIpc) is 3.27. The number of hydrogen-bond acceptors (Lipinski definition) is 4. The van der Waals surface area contributed by atoms with E-state index in [2.05, 4.69) is 21.2 Å². The summed E-state index contributed by atoms with van der Waals surface area (Å²) in [6.07, 6.45) is 0. The van der Waals surface area contributed by atoms with Gasteiger partial charge in [-0.2, -0.15) is 0 Å². The molecule has 8 heteroatoms. The predicted molar refractivity (Wildman–Crippen MR) is 118 cm³/mol. The topological polar surface area (TPSA) is 69.7 Å². The molecule has 0 unspecified atom stereocenters. The quantitative estimate of drug-likeness (QED) is 0.533. The van der Waals surface area contributed by atoms with Gasteiger partial charge in [0.1, 0.15) is 5.54 Å². The van der Waals surface area contributed by atoms with Gasteiger partial charge in [0.25, 0.3) is 5.91 Å². The lowest BCUT2D eigenvalue weighted by Gasteiger charge is -2.30. The van der Waals surface area contributed by atoms with Crippen molar-refractivity contribution in [3.05, 3.63) is 59.1 Å². The molecule has 0 bridgehead atoms. The molecule has 2 saturated heterocycles. The summed E-state index contributed by atoms with van der Waals surface area (Å²) in [5.41, 5.74) is 0.724. The number of halogens is 2. The Morgan fingerprint density at radius 2 is 1.87 bits per heavy atom. The van der Waals surface area contributed by atoms with E-state index in [9.17, 15) is 14.4 Å². The lowest BCUT2D eigenvalue weighted by Crippen LogP contribution is -2.55. The van der Waals surface area contributed by atoms with E-state index in [4.69, 9.17) is 11.6 Å². The van der Waals surface area contributed by atoms with E-state index >= 15 is 0 Å². The van der Waals surface area contributed by atoms with Crippen molar-refractivity contribution in [2.45, 2.75) is 18.5 Å². The molecular formula is C22H19BrClN3O3. The molecule has 5 rings (SSSR count). The number of imide groups is 1. The van der Waals surface area contributed by atoms with Crippen molar-refractivity contribution in [3.63, 3.8) is 0 Å². The number of para-hydroxylation sites is 1. The first-order valence-electron chi connectivity index (χ1n) is 9.80. The second kappa shape index (κ2) is 6.90. The highest BCUT2D eigenvalue weighted by Gasteiger charge is 2.70. The molecule has 3 aliphatic heterocycles. The number of nitrogens with one attached hydrogen (secondary N) is 1. The summed E-state index contributed by atoms with van der Waals surface area (Å²) < 4.78 is 0. The van der Waals surface area contributed by atoms with Gasteiger partial charge < -0.3 is 4.90 Å². The lowest BCUT2D eigenvalue weighted by atomic mass is 9.76. The number of hydrogen-bond donors (Lipinski definition) is 1. The van der Waals surface area contributed by atoms with Crippen molar-refractivity contribution in [1.82, 2.24) is 5.32 Å². The van der Waals surface area contributed by atoms with Crippen LogP contribution in [0.5, 0.6) is 0 Å². The number of alkyl halides is 1. The van der Waals surface area contributed by atoms with E-state index in [-0.39, 0.29) is 23.8 Å². The van der Waals surface area contributed by atoms with Gasteiger partial charge in [0.05, 0.1) is 17.5 Å². The fourth-order valence-corrected chi connectivity index (χ4v) is 5.82. The van der Waals surface area contributed by atoms with Crippen molar-refractivity contribution in [1.29, 1.82) is 0 Å². The maximum atomic E-state index is 13.8. The Morgan fingerprint density at radius 3 is 2.60 bits per heavy atom. The van der Waals surface area contributed by atoms with E-state index in [1.807, 2.05) is 31.2 Å². The zero-order valence-corrected chi connectivity index (χ0v) is 18.5. The average molecular weight is 489 g/mol. The minimum atomic E-state index is -1.25. The minimum Gasteiger partial charge on any atom is -0.309 e. The van der Waals surface area contributed by atoms with E-state index < -0.39 is 17.4 Å². The molecule has 0 radical (unpaired) electrons. The molecule has 0 aromatic heterocycles. The number of rotatable bonds is 3. The van der Waals surface area contributed by atoms with Crippen molar-refractivity contribution in [3.8, 4) is 0 Å². The lowest BCUT2D eigenvalue weighted by molar-refractivity contribution is -0.132. The van der Waals surface area contributed by atoms with Gasteiger partial charge in [0, 0.05) is 34.2 Å². The standard InChI is InChI=1S/C22H19BrClN3O3/c1-12-17-18(20(29)27(19(17)28)14-6-4-5-13(24)11-14)22(25-12)15-7-2-3-8-16(15)26(10-9-23)21(22)30/h2-8,11-12,17-18,25H,9-10H2,1H3/t12-,17-,18+,22-/m0/s1. The van der Waals surface area contributed by atoms with Crippen LogP contribution in [-0.4, -0.2) is 35.6 Å². The second-order valence-electron chi connectivity index (χ2n) is 7.90. The van der Waals surface area contributed by atoms with E-state index in [0.29, 0.717) is 22.6 Å². The second-order valence-corrected chi connectivity index (χ2v) is 9.13. The summed E-state index contributed by atoms with van der Waals surface area (Å²) in [4.78, 5) is 43.7. The molecular weight excluding hydrogens is 470 g/mol. The van der Waals surface area contributed by atoms with Crippen LogP contribution in [0, 0.1) is 11.8 Å². The van der Waals surface area contributed by atoms with Crippen LogP contribution in [0.3, 0.4) is 0 Å². The van der Waals surface area contributed by atoms with Gasteiger partial charge in [-0.3, -0.25) is 19.7 Å². The molecule has 3 aliphatic rings. The number of benzene rings is 2. The van der Waals surface area contributed by atoms with Crippen LogP contribution in [0.25, 0.3) is 0 Å². The molecule has 2 aromatic rings. The molecule has 1 spiro atoms. The Labute approximate surface area is 187 Å². The predicted octanol–water partition coefficient (Wildman–Crippen LogP) is 3.07. The molecule has 6 nitrogen and oxygen atoms in total. The third-order valence-corrected chi connectivity index (χ3v) is 6.98. The van der Waals surface area contributed by atoms with Crippen LogP contribution in [-0.2, 0) is 19.9 Å². The number of nitrogens with zero attached hydrogens (tertiary/aromatic N) is 2. The fourth-order valence-electron chi connectivity index (χ4n) is 5.28. The zero-order chi connectivity index (χ0) is 21.2. The molecule has 1 N–H and O–H groups in total.